The second-order valence-corrected chi connectivity index (χ2v) is 5.83. The summed E-state index contributed by atoms with van der Waals surface area (Å²) in [5.74, 6) is -0.136. The van der Waals surface area contributed by atoms with Crippen LogP contribution in [0.5, 0.6) is 0 Å². The monoisotopic (exact) mass is 309 g/mol. The summed E-state index contributed by atoms with van der Waals surface area (Å²) in [6.07, 6.45) is 2.46. The van der Waals surface area contributed by atoms with Crippen LogP contribution < -0.4 is 0 Å². The van der Waals surface area contributed by atoms with E-state index < -0.39 is 0 Å². The average molecular weight is 309 g/mol. The maximum absolute atomic E-state index is 11.9. The Balaban J connectivity index is 2.14. The van der Waals surface area contributed by atoms with Crippen LogP contribution in [0.3, 0.4) is 0 Å². The fraction of sp³-hybridized carbons (Fsp3) is 0.562. The van der Waals surface area contributed by atoms with Gasteiger partial charge < -0.3 is 9.47 Å². The third-order valence-corrected chi connectivity index (χ3v) is 4.40. The first kappa shape index (κ1) is 16.3. The molecule has 0 radical (unpaired) electrons. The van der Waals surface area contributed by atoms with E-state index in [1.807, 2.05) is 6.92 Å². The summed E-state index contributed by atoms with van der Waals surface area (Å²) in [6.45, 7) is 5.43. The number of carbonyl (C=O) groups is 1. The Labute approximate surface area is 130 Å². The summed E-state index contributed by atoms with van der Waals surface area (Å²) in [6, 6.07) is 8.52. The van der Waals surface area contributed by atoms with Gasteiger partial charge in [-0.05, 0) is 30.9 Å². The number of thioether (sulfide) groups is 1. The Morgan fingerprint density at radius 2 is 2.00 bits per heavy atom. The van der Waals surface area contributed by atoms with Crippen molar-refractivity contribution < 1.29 is 14.3 Å². The lowest BCUT2D eigenvalue weighted by Crippen LogP contribution is -2.40. The molecule has 116 valence electrons. The summed E-state index contributed by atoms with van der Waals surface area (Å²) < 4.78 is 10.5. The molecule has 1 saturated heterocycles. The molecule has 1 aromatic rings. The molecule has 0 aliphatic carbocycles. The zero-order chi connectivity index (χ0) is 15.1. The summed E-state index contributed by atoms with van der Waals surface area (Å²) in [5.41, 5.74) is 1.17. The maximum atomic E-state index is 11.9. The Bertz CT molecular complexity index is 443. The lowest BCUT2D eigenvalue weighted by molar-refractivity contribution is -0.145. The van der Waals surface area contributed by atoms with Gasteiger partial charge in [0.2, 0.25) is 0 Å². The van der Waals surface area contributed by atoms with E-state index in [-0.39, 0.29) is 12.0 Å². The van der Waals surface area contributed by atoms with Gasteiger partial charge in [0.1, 0.15) is 0 Å². The number of carbonyl (C=O) groups excluding carboxylic acids is 1. The molecular weight excluding hydrogens is 286 g/mol. The Hall–Kier alpha value is -1.04. The van der Waals surface area contributed by atoms with Crippen LogP contribution in [0, 0.1) is 0 Å². The molecule has 0 amide bonds. The molecule has 4 nitrogen and oxygen atoms in total. The van der Waals surface area contributed by atoms with Gasteiger partial charge in [0.15, 0.2) is 0 Å². The predicted molar refractivity (Wildman–Crippen MR) is 84.6 cm³/mol. The number of hydrogen-bond donors (Lipinski definition) is 0. The zero-order valence-corrected chi connectivity index (χ0v) is 13.5. The molecule has 1 aliphatic heterocycles. The SMILES string of the molecule is CCOC(=O)CC(c1ccc(SC)cc1)N1CCOCC1. The minimum atomic E-state index is -0.136. The number of nitrogens with zero attached hydrogens (tertiary/aromatic N) is 1. The largest absolute Gasteiger partial charge is 0.466 e. The average Bonchev–Trinajstić information content (AvgIpc) is 2.54. The molecule has 0 aromatic heterocycles. The molecule has 0 bridgehead atoms. The van der Waals surface area contributed by atoms with Crippen LogP contribution in [-0.2, 0) is 14.3 Å². The maximum Gasteiger partial charge on any atom is 0.307 e. The van der Waals surface area contributed by atoms with E-state index in [1.165, 1.54) is 10.5 Å². The van der Waals surface area contributed by atoms with Gasteiger partial charge in [0, 0.05) is 24.0 Å². The molecule has 21 heavy (non-hydrogen) atoms. The first-order valence-electron chi connectivity index (χ1n) is 7.36. The molecule has 0 saturated carbocycles. The molecule has 1 fully saturated rings. The number of morpholine rings is 1. The highest BCUT2D eigenvalue weighted by Crippen LogP contribution is 2.27. The van der Waals surface area contributed by atoms with E-state index in [0.717, 1.165) is 26.3 Å². The van der Waals surface area contributed by atoms with Gasteiger partial charge in [-0.2, -0.15) is 0 Å². The number of hydrogen-bond acceptors (Lipinski definition) is 5. The first-order valence-corrected chi connectivity index (χ1v) is 8.58. The zero-order valence-electron chi connectivity index (χ0n) is 12.7. The van der Waals surface area contributed by atoms with Gasteiger partial charge in [0.05, 0.1) is 26.2 Å². The lowest BCUT2D eigenvalue weighted by atomic mass is 10.0. The number of ether oxygens (including phenoxy) is 2. The van der Waals surface area contributed by atoms with Gasteiger partial charge in [-0.15, -0.1) is 11.8 Å². The molecule has 1 aliphatic rings. The van der Waals surface area contributed by atoms with E-state index in [2.05, 4.69) is 35.4 Å². The summed E-state index contributed by atoms with van der Waals surface area (Å²) in [7, 11) is 0. The van der Waals surface area contributed by atoms with E-state index in [1.54, 1.807) is 11.8 Å². The Morgan fingerprint density at radius 1 is 1.33 bits per heavy atom. The topological polar surface area (TPSA) is 38.8 Å². The first-order chi connectivity index (χ1) is 10.2. The van der Waals surface area contributed by atoms with Crippen LogP contribution in [0.1, 0.15) is 24.9 Å². The third-order valence-electron chi connectivity index (χ3n) is 3.65. The van der Waals surface area contributed by atoms with Crippen LogP contribution in [0.15, 0.2) is 29.2 Å². The molecule has 0 N–H and O–H groups in total. The number of benzene rings is 1. The molecule has 1 atom stereocenters. The van der Waals surface area contributed by atoms with Gasteiger partial charge in [-0.25, -0.2) is 0 Å². The summed E-state index contributed by atoms with van der Waals surface area (Å²) in [5, 5.41) is 0. The van der Waals surface area contributed by atoms with Crippen molar-refractivity contribution in [1.29, 1.82) is 0 Å². The Kier molecular flexibility index (Phi) is 6.54. The van der Waals surface area contributed by atoms with Crippen LogP contribution in [0.25, 0.3) is 0 Å². The van der Waals surface area contributed by atoms with Gasteiger partial charge in [0.25, 0.3) is 0 Å². The second-order valence-electron chi connectivity index (χ2n) is 4.95. The van der Waals surface area contributed by atoms with Crippen LogP contribution in [0.4, 0.5) is 0 Å². The van der Waals surface area contributed by atoms with Crippen molar-refractivity contribution in [3.63, 3.8) is 0 Å². The van der Waals surface area contributed by atoms with Crippen molar-refractivity contribution in [1.82, 2.24) is 4.90 Å². The van der Waals surface area contributed by atoms with E-state index in [9.17, 15) is 4.79 Å². The van der Waals surface area contributed by atoms with Crippen LogP contribution in [-0.4, -0.2) is 50.0 Å². The third kappa shape index (κ3) is 4.73. The van der Waals surface area contributed by atoms with Gasteiger partial charge in [-0.3, -0.25) is 9.69 Å². The van der Waals surface area contributed by atoms with Crippen molar-refractivity contribution in [2.75, 3.05) is 39.2 Å². The fourth-order valence-corrected chi connectivity index (χ4v) is 2.96. The molecule has 1 heterocycles. The van der Waals surface area contributed by atoms with E-state index >= 15 is 0 Å². The van der Waals surface area contributed by atoms with E-state index in [4.69, 9.17) is 9.47 Å². The minimum Gasteiger partial charge on any atom is -0.466 e. The highest BCUT2D eigenvalue weighted by molar-refractivity contribution is 7.98. The Morgan fingerprint density at radius 3 is 2.57 bits per heavy atom. The van der Waals surface area contributed by atoms with Crippen molar-refractivity contribution in [2.45, 2.75) is 24.3 Å². The summed E-state index contributed by atoms with van der Waals surface area (Å²) in [4.78, 5) is 15.5. The van der Waals surface area contributed by atoms with E-state index in [0.29, 0.717) is 13.0 Å². The molecular formula is C16H23NO3S. The van der Waals surface area contributed by atoms with Crippen molar-refractivity contribution in [3.8, 4) is 0 Å². The molecule has 1 aromatic carbocycles. The standard InChI is InChI=1S/C16H23NO3S/c1-3-20-16(18)12-15(17-8-10-19-11-9-17)13-4-6-14(21-2)7-5-13/h4-7,15H,3,8-12H2,1-2H3. The molecule has 1 unspecified atom stereocenters. The second kappa shape index (κ2) is 8.41. The van der Waals surface area contributed by atoms with Crippen LogP contribution in [0.2, 0.25) is 0 Å². The predicted octanol–water partition coefficient (Wildman–Crippen LogP) is 2.74. The smallest absolute Gasteiger partial charge is 0.307 e. The highest BCUT2D eigenvalue weighted by Gasteiger charge is 2.25. The fourth-order valence-electron chi connectivity index (χ4n) is 2.55. The number of esters is 1. The number of rotatable bonds is 6. The van der Waals surface area contributed by atoms with Crippen LogP contribution >= 0.6 is 11.8 Å². The molecule has 0 spiro atoms. The minimum absolute atomic E-state index is 0.0730. The van der Waals surface area contributed by atoms with Crippen molar-refractivity contribution >= 4 is 17.7 Å². The quantitative estimate of drug-likeness (QED) is 0.597. The molecule has 2 rings (SSSR count). The lowest BCUT2D eigenvalue weighted by Gasteiger charge is -2.34. The molecule has 5 heteroatoms. The van der Waals surface area contributed by atoms with Crippen molar-refractivity contribution in [2.24, 2.45) is 0 Å². The van der Waals surface area contributed by atoms with Gasteiger partial charge in [-0.1, -0.05) is 12.1 Å². The highest BCUT2D eigenvalue weighted by atomic mass is 32.2. The van der Waals surface area contributed by atoms with Gasteiger partial charge >= 0.3 is 5.97 Å². The van der Waals surface area contributed by atoms with Crippen molar-refractivity contribution in [3.05, 3.63) is 29.8 Å². The normalized spacial score (nSPS) is 17.4. The summed E-state index contributed by atoms with van der Waals surface area (Å²) >= 11 is 1.72.